The number of thiazole rings is 1. The predicted octanol–water partition coefficient (Wildman–Crippen LogP) is 4.40. The molecule has 7 heteroatoms. The van der Waals surface area contributed by atoms with Crippen molar-refractivity contribution in [3.63, 3.8) is 0 Å². The second-order valence-corrected chi connectivity index (χ2v) is 9.90. The lowest BCUT2D eigenvalue weighted by Crippen LogP contribution is -2.45. The molecular weight excluding hydrogens is 366 g/mol. The van der Waals surface area contributed by atoms with Crippen LogP contribution in [0.5, 0.6) is 0 Å². The van der Waals surface area contributed by atoms with Crippen LogP contribution in [0.25, 0.3) is 10.6 Å². The molecule has 3 rings (SSSR count). The third kappa shape index (κ3) is 4.32. The monoisotopic (exact) mass is 391 g/mol. The standard InChI is InChI=1S/C19H25N3O2S2/c1-12-5-6-15(26-12)14-11-25-18(20-14)21-16(23)13-7-9-22(10-8-13)17(24)19(2,3)4/h5-6,11,13H,7-10H2,1-4H3,(H,20,21,23). The highest BCUT2D eigenvalue weighted by atomic mass is 32.1. The molecule has 0 unspecified atom stereocenters. The largest absolute Gasteiger partial charge is 0.342 e. The van der Waals surface area contributed by atoms with Crippen molar-refractivity contribution in [1.82, 2.24) is 9.88 Å². The molecule has 1 N–H and O–H groups in total. The number of aromatic nitrogens is 1. The number of anilines is 1. The number of amides is 2. The summed E-state index contributed by atoms with van der Waals surface area (Å²) < 4.78 is 0. The summed E-state index contributed by atoms with van der Waals surface area (Å²) in [6, 6.07) is 4.13. The third-order valence-electron chi connectivity index (χ3n) is 4.52. The van der Waals surface area contributed by atoms with Gasteiger partial charge in [-0.25, -0.2) is 4.98 Å². The van der Waals surface area contributed by atoms with Crippen LogP contribution in [0.15, 0.2) is 17.5 Å². The molecule has 0 bridgehead atoms. The molecule has 2 amide bonds. The quantitative estimate of drug-likeness (QED) is 0.843. The highest BCUT2D eigenvalue weighted by molar-refractivity contribution is 7.17. The first-order valence-corrected chi connectivity index (χ1v) is 10.6. The van der Waals surface area contributed by atoms with Crippen LogP contribution in [0.2, 0.25) is 0 Å². The topological polar surface area (TPSA) is 62.3 Å². The number of piperidine rings is 1. The molecule has 2 aromatic rings. The Hall–Kier alpha value is -1.73. The second-order valence-electron chi connectivity index (χ2n) is 7.75. The Bertz CT molecular complexity index is 796. The number of carbonyl (C=O) groups is 2. The van der Waals surface area contributed by atoms with Crippen molar-refractivity contribution in [3.8, 4) is 10.6 Å². The summed E-state index contributed by atoms with van der Waals surface area (Å²) in [7, 11) is 0. The molecule has 5 nitrogen and oxygen atoms in total. The fraction of sp³-hybridized carbons (Fsp3) is 0.526. The molecule has 1 aliphatic heterocycles. The molecule has 0 saturated carbocycles. The van der Waals surface area contributed by atoms with Crippen molar-refractivity contribution >= 4 is 39.6 Å². The van der Waals surface area contributed by atoms with Gasteiger partial charge in [0, 0.05) is 34.7 Å². The summed E-state index contributed by atoms with van der Waals surface area (Å²) in [6.45, 7) is 9.16. The zero-order valence-corrected chi connectivity index (χ0v) is 17.3. The summed E-state index contributed by atoms with van der Waals surface area (Å²) >= 11 is 3.15. The first-order chi connectivity index (χ1) is 12.2. The van der Waals surface area contributed by atoms with Gasteiger partial charge in [0.2, 0.25) is 11.8 Å². The Labute approximate surface area is 162 Å². The summed E-state index contributed by atoms with van der Waals surface area (Å²) in [5, 5.41) is 5.57. The Balaban J connectivity index is 1.55. The molecule has 0 spiro atoms. The van der Waals surface area contributed by atoms with Crippen LogP contribution in [0, 0.1) is 18.3 Å². The second kappa shape index (κ2) is 7.48. The molecule has 3 heterocycles. The average molecular weight is 392 g/mol. The Morgan fingerprint density at radius 3 is 2.50 bits per heavy atom. The maximum absolute atomic E-state index is 12.5. The number of thiophene rings is 1. The molecule has 2 aromatic heterocycles. The van der Waals surface area contributed by atoms with Crippen molar-refractivity contribution < 1.29 is 9.59 Å². The number of hydrogen-bond acceptors (Lipinski definition) is 5. The van der Waals surface area contributed by atoms with E-state index in [2.05, 4.69) is 29.4 Å². The number of nitrogens with one attached hydrogen (secondary N) is 1. The molecule has 0 aromatic carbocycles. The zero-order chi connectivity index (χ0) is 18.9. The fourth-order valence-corrected chi connectivity index (χ4v) is 4.66. The third-order valence-corrected chi connectivity index (χ3v) is 6.30. The van der Waals surface area contributed by atoms with Gasteiger partial charge in [0.15, 0.2) is 5.13 Å². The Kier molecular flexibility index (Phi) is 5.48. The Morgan fingerprint density at radius 2 is 1.92 bits per heavy atom. The SMILES string of the molecule is Cc1ccc(-c2csc(NC(=O)C3CCN(C(=O)C(C)(C)C)CC3)n2)s1. The van der Waals surface area contributed by atoms with Crippen LogP contribution in [-0.4, -0.2) is 34.8 Å². The first kappa shape index (κ1) is 19.0. The fourth-order valence-electron chi connectivity index (χ4n) is 3.04. The maximum Gasteiger partial charge on any atom is 0.229 e. The van der Waals surface area contributed by atoms with E-state index in [1.807, 2.05) is 31.1 Å². The number of likely N-dealkylation sites (tertiary alicyclic amines) is 1. The molecule has 1 saturated heterocycles. The van der Waals surface area contributed by atoms with Crippen LogP contribution in [-0.2, 0) is 9.59 Å². The van der Waals surface area contributed by atoms with Crippen molar-refractivity contribution in [2.24, 2.45) is 11.3 Å². The molecule has 140 valence electrons. The van der Waals surface area contributed by atoms with Gasteiger partial charge in [0.05, 0.1) is 10.6 Å². The van der Waals surface area contributed by atoms with Crippen molar-refractivity contribution in [2.45, 2.75) is 40.5 Å². The van der Waals surface area contributed by atoms with Gasteiger partial charge in [0.1, 0.15) is 0 Å². The number of aryl methyl sites for hydroxylation is 1. The average Bonchev–Trinajstić information content (AvgIpc) is 3.22. The van der Waals surface area contributed by atoms with E-state index in [1.54, 1.807) is 11.3 Å². The van der Waals surface area contributed by atoms with E-state index in [4.69, 9.17) is 0 Å². The summed E-state index contributed by atoms with van der Waals surface area (Å²) in [6.07, 6.45) is 1.41. The predicted molar refractivity (Wildman–Crippen MR) is 108 cm³/mol. The summed E-state index contributed by atoms with van der Waals surface area (Å²) in [5.41, 5.74) is 0.543. The van der Waals surface area contributed by atoms with E-state index in [0.29, 0.717) is 31.1 Å². The van der Waals surface area contributed by atoms with Gasteiger partial charge in [-0.05, 0) is 31.9 Å². The first-order valence-electron chi connectivity index (χ1n) is 8.86. The van der Waals surface area contributed by atoms with Crippen LogP contribution in [0.4, 0.5) is 5.13 Å². The van der Waals surface area contributed by atoms with Crippen LogP contribution in [0.3, 0.4) is 0 Å². The molecule has 0 radical (unpaired) electrons. The van der Waals surface area contributed by atoms with Crippen LogP contribution >= 0.6 is 22.7 Å². The van der Waals surface area contributed by atoms with Gasteiger partial charge in [-0.15, -0.1) is 22.7 Å². The van der Waals surface area contributed by atoms with E-state index in [0.717, 1.165) is 10.6 Å². The van der Waals surface area contributed by atoms with E-state index in [1.165, 1.54) is 16.2 Å². The minimum Gasteiger partial charge on any atom is -0.342 e. The van der Waals surface area contributed by atoms with Gasteiger partial charge in [-0.2, -0.15) is 0 Å². The lowest BCUT2D eigenvalue weighted by atomic mass is 9.91. The van der Waals surface area contributed by atoms with Crippen molar-refractivity contribution in [1.29, 1.82) is 0 Å². The van der Waals surface area contributed by atoms with E-state index >= 15 is 0 Å². The smallest absolute Gasteiger partial charge is 0.229 e. The van der Waals surface area contributed by atoms with E-state index in [9.17, 15) is 9.59 Å². The summed E-state index contributed by atoms with van der Waals surface area (Å²) in [5.74, 6) is 0.110. The zero-order valence-electron chi connectivity index (χ0n) is 15.7. The number of nitrogens with zero attached hydrogens (tertiary/aromatic N) is 2. The lowest BCUT2D eigenvalue weighted by molar-refractivity contribution is -0.142. The van der Waals surface area contributed by atoms with Crippen molar-refractivity contribution in [2.75, 3.05) is 18.4 Å². The normalized spacial score (nSPS) is 15.9. The minimum absolute atomic E-state index is 0.0103. The molecular formula is C19H25N3O2S2. The van der Waals surface area contributed by atoms with Crippen LogP contribution in [0.1, 0.15) is 38.5 Å². The minimum atomic E-state index is -0.369. The van der Waals surface area contributed by atoms with Crippen molar-refractivity contribution in [3.05, 3.63) is 22.4 Å². The molecule has 26 heavy (non-hydrogen) atoms. The van der Waals surface area contributed by atoms with Gasteiger partial charge in [-0.3, -0.25) is 9.59 Å². The Morgan fingerprint density at radius 1 is 1.23 bits per heavy atom. The van der Waals surface area contributed by atoms with Gasteiger partial charge < -0.3 is 10.2 Å². The molecule has 0 aliphatic carbocycles. The molecule has 1 fully saturated rings. The highest BCUT2D eigenvalue weighted by Gasteiger charge is 2.32. The number of hydrogen-bond donors (Lipinski definition) is 1. The highest BCUT2D eigenvalue weighted by Crippen LogP contribution is 2.31. The van der Waals surface area contributed by atoms with Crippen LogP contribution < -0.4 is 5.32 Å². The van der Waals surface area contributed by atoms with Gasteiger partial charge in [0.25, 0.3) is 0 Å². The maximum atomic E-state index is 12.5. The number of rotatable bonds is 3. The molecule has 0 atom stereocenters. The van der Waals surface area contributed by atoms with Gasteiger partial charge in [-0.1, -0.05) is 20.8 Å². The van der Waals surface area contributed by atoms with E-state index in [-0.39, 0.29) is 23.1 Å². The summed E-state index contributed by atoms with van der Waals surface area (Å²) in [4.78, 5) is 33.7. The lowest BCUT2D eigenvalue weighted by Gasteiger charge is -2.35. The molecule has 1 aliphatic rings. The number of carbonyl (C=O) groups excluding carboxylic acids is 2. The van der Waals surface area contributed by atoms with Gasteiger partial charge >= 0.3 is 0 Å². The van der Waals surface area contributed by atoms with E-state index < -0.39 is 0 Å².